The summed E-state index contributed by atoms with van der Waals surface area (Å²) in [5, 5.41) is 2.49. The molecular weight excluding hydrogens is 633 g/mol. The number of pyridine rings is 3. The van der Waals surface area contributed by atoms with Crippen molar-refractivity contribution in [1.29, 1.82) is 0 Å². The molecular formula is C48H32N4. The molecule has 0 N–H and O–H groups in total. The second-order valence-electron chi connectivity index (χ2n) is 14.0. The Labute approximate surface area is 301 Å². The van der Waals surface area contributed by atoms with Crippen LogP contribution in [0.5, 0.6) is 0 Å². The van der Waals surface area contributed by atoms with Gasteiger partial charge in [-0.25, -0.2) is 4.98 Å². The van der Waals surface area contributed by atoms with Gasteiger partial charge >= 0.3 is 0 Å². The number of aromatic nitrogens is 4. The van der Waals surface area contributed by atoms with Crippen molar-refractivity contribution in [1.82, 2.24) is 19.5 Å². The Morgan fingerprint density at radius 2 is 0.962 bits per heavy atom. The molecule has 0 bridgehead atoms. The maximum atomic E-state index is 5.17. The summed E-state index contributed by atoms with van der Waals surface area (Å²) >= 11 is 0. The quantitative estimate of drug-likeness (QED) is 0.189. The minimum atomic E-state index is -0.402. The fourth-order valence-electron chi connectivity index (χ4n) is 9.20. The fourth-order valence-corrected chi connectivity index (χ4v) is 9.20. The first-order valence-corrected chi connectivity index (χ1v) is 17.9. The molecule has 5 aromatic carbocycles. The summed E-state index contributed by atoms with van der Waals surface area (Å²) in [6, 6.07) is 57.2. The molecule has 244 valence electrons. The molecule has 2 aliphatic rings. The molecule has 0 radical (unpaired) electrons. The molecule has 0 unspecified atom stereocenters. The van der Waals surface area contributed by atoms with Crippen LogP contribution in [0.4, 0.5) is 0 Å². The Hall–Kier alpha value is -6.65. The summed E-state index contributed by atoms with van der Waals surface area (Å²) < 4.78 is 2.41. The molecule has 4 heterocycles. The molecule has 2 aliphatic carbocycles. The number of hydrogen-bond donors (Lipinski definition) is 0. The van der Waals surface area contributed by atoms with Crippen LogP contribution in [0, 0.1) is 13.8 Å². The van der Waals surface area contributed by atoms with Crippen molar-refractivity contribution in [3.05, 3.63) is 191 Å². The summed E-state index contributed by atoms with van der Waals surface area (Å²) in [5.41, 5.74) is 18.8. The van der Waals surface area contributed by atoms with Gasteiger partial charge in [0.15, 0.2) is 0 Å². The van der Waals surface area contributed by atoms with Crippen molar-refractivity contribution in [3.63, 3.8) is 0 Å². The molecule has 0 aliphatic heterocycles. The second-order valence-corrected chi connectivity index (χ2v) is 14.0. The average molecular weight is 665 g/mol. The highest BCUT2D eigenvalue weighted by atomic mass is 15.0. The molecule has 1 spiro atoms. The molecule has 4 heteroatoms. The molecule has 0 atom stereocenters. The van der Waals surface area contributed by atoms with E-state index in [1.807, 2.05) is 50.2 Å². The predicted octanol–water partition coefficient (Wildman–Crippen LogP) is 11.3. The lowest BCUT2D eigenvalue weighted by Crippen LogP contribution is -2.25. The van der Waals surface area contributed by atoms with Crippen molar-refractivity contribution in [2.45, 2.75) is 19.3 Å². The minimum absolute atomic E-state index is 0.402. The van der Waals surface area contributed by atoms with E-state index in [4.69, 9.17) is 15.0 Å². The minimum Gasteiger partial charge on any atom is -0.309 e. The maximum absolute atomic E-state index is 5.17. The van der Waals surface area contributed by atoms with E-state index in [-0.39, 0.29) is 0 Å². The molecule has 0 fully saturated rings. The first-order valence-electron chi connectivity index (χ1n) is 17.9. The van der Waals surface area contributed by atoms with Crippen LogP contribution in [0.2, 0.25) is 0 Å². The van der Waals surface area contributed by atoms with E-state index < -0.39 is 5.41 Å². The van der Waals surface area contributed by atoms with Crippen LogP contribution in [0.3, 0.4) is 0 Å². The molecule has 52 heavy (non-hydrogen) atoms. The summed E-state index contributed by atoms with van der Waals surface area (Å²) in [5.74, 6) is 0. The van der Waals surface area contributed by atoms with E-state index in [9.17, 15) is 0 Å². The van der Waals surface area contributed by atoms with Gasteiger partial charge < -0.3 is 4.57 Å². The van der Waals surface area contributed by atoms with Crippen LogP contribution in [0.15, 0.2) is 158 Å². The zero-order valence-electron chi connectivity index (χ0n) is 28.8. The summed E-state index contributed by atoms with van der Waals surface area (Å²) in [7, 11) is 0. The number of hydrogen-bond acceptors (Lipinski definition) is 3. The topological polar surface area (TPSA) is 43.6 Å². The lowest BCUT2D eigenvalue weighted by Gasteiger charge is -2.30. The molecule has 4 nitrogen and oxygen atoms in total. The maximum Gasteiger partial charge on any atom is 0.0915 e. The van der Waals surface area contributed by atoms with Crippen LogP contribution in [0.25, 0.3) is 72.5 Å². The van der Waals surface area contributed by atoms with Gasteiger partial charge in [0.05, 0.1) is 44.9 Å². The van der Waals surface area contributed by atoms with Gasteiger partial charge in [-0.2, -0.15) is 0 Å². The van der Waals surface area contributed by atoms with Crippen LogP contribution >= 0.6 is 0 Å². The van der Waals surface area contributed by atoms with Gasteiger partial charge in [0.2, 0.25) is 0 Å². The van der Waals surface area contributed by atoms with E-state index >= 15 is 0 Å². The zero-order chi connectivity index (χ0) is 34.6. The third-order valence-electron chi connectivity index (χ3n) is 11.2. The Kier molecular flexibility index (Phi) is 5.98. The Morgan fingerprint density at radius 1 is 0.423 bits per heavy atom. The van der Waals surface area contributed by atoms with E-state index in [1.54, 1.807) is 0 Å². The molecule has 4 aromatic heterocycles. The van der Waals surface area contributed by atoms with E-state index in [0.717, 1.165) is 50.9 Å². The third kappa shape index (κ3) is 3.84. The summed E-state index contributed by atoms with van der Waals surface area (Å²) in [6.07, 6.45) is 0. The number of aryl methyl sites for hydroxylation is 2. The van der Waals surface area contributed by atoms with Crippen molar-refractivity contribution < 1.29 is 0 Å². The first-order chi connectivity index (χ1) is 25.6. The van der Waals surface area contributed by atoms with E-state index in [0.29, 0.717) is 0 Å². The van der Waals surface area contributed by atoms with Gasteiger partial charge in [-0.15, -0.1) is 0 Å². The lowest BCUT2D eigenvalue weighted by molar-refractivity contribution is 0.794. The number of fused-ring (bicyclic) bond motifs is 14. The van der Waals surface area contributed by atoms with Crippen molar-refractivity contribution in [2.24, 2.45) is 0 Å². The Morgan fingerprint density at radius 3 is 1.58 bits per heavy atom. The summed E-state index contributed by atoms with van der Waals surface area (Å²) in [6.45, 7) is 4.05. The lowest BCUT2D eigenvalue weighted by atomic mass is 9.70. The van der Waals surface area contributed by atoms with Gasteiger partial charge in [0.25, 0.3) is 0 Å². The number of nitrogens with zero attached hydrogens (tertiary/aromatic N) is 4. The van der Waals surface area contributed by atoms with Crippen LogP contribution in [-0.4, -0.2) is 19.5 Å². The highest BCUT2D eigenvalue weighted by Crippen LogP contribution is 2.64. The van der Waals surface area contributed by atoms with Gasteiger partial charge in [0, 0.05) is 22.2 Å². The van der Waals surface area contributed by atoms with Crippen LogP contribution in [0.1, 0.15) is 33.6 Å². The monoisotopic (exact) mass is 664 g/mol. The second kappa shape index (κ2) is 10.7. The largest absolute Gasteiger partial charge is 0.309 e. The molecule has 0 saturated carbocycles. The number of para-hydroxylation sites is 1. The Balaban J connectivity index is 1.26. The molecule has 0 amide bonds. The average Bonchev–Trinajstić information content (AvgIpc) is 3.79. The smallest absolute Gasteiger partial charge is 0.0915 e. The Bertz CT molecular complexity index is 2840. The highest BCUT2D eigenvalue weighted by Gasteiger charge is 2.52. The van der Waals surface area contributed by atoms with Crippen LogP contribution in [-0.2, 0) is 5.41 Å². The standard InChI is InChI=1S/C48H32N4/c1-29-13-11-22-40(49-29)42-27-31(28-43(51-42)41-23-12-14-30(2)50-41)52-44-24-10-6-18-35(44)47-45(52)26-25-39-46(47)34-17-5-9-21-38(34)48(39)36-19-7-3-15-32(36)33-16-4-8-20-37(33)48/h3-28H,1-2H3. The van der Waals surface area contributed by atoms with Gasteiger partial charge in [-0.3, -0.25) is 9.97 Å². The SMILES string of the molecule is Cc1cccc(-c2cc(-n3c4ccccc4c4c5c(ccc43)C3(c4ccccc4-c4ccccc43)c3ccccc3-5)cc(-c3cccc(C)n3)n2)n1. The number of benzene rings is 5. The fraction of sp³-hybridized carbons (Fsp3) is 0.0625. The van der Waals surface area contributed by atoms with Crippen molar-refractivity contribution in [3.8, 4) is 50.7 Å². The predicted molar refractivity (Wildman–Crippen MR) is 211 cm³/mol. The highest BCUT2D eigenvalue weighted by molar-refractivity contribution is 6.19. The number of rotatable bonds is 3. The van der Waals surface area contributed by atoms with Gasteiger partial charge in [0.1, 0.15) is 0 Å². The van der Waals surface area contributed by atoms with Crippen molar-refractivity contribution in [2.75, 3.05) is 0 Å². The van der Waals surface area contributed by atoms with Crippen LogP contribution < -0.4 is 0 Å². The van der Waals surface area contributed by atoms with Gasteiger partial charge in [-0.05, 0) is 107 Å². The van der Waals surface area contributed by atoms with E-state index in [1.165, 1.54) is 55.3 Å². The summed E-state index contributed by atoms with van der Waals surface area (Å²) in [4.78, 5) is 15.0. The van der Waals surface area contributed by atoms with Gasteiger partial charge in [-0.1, -0.05) is 109 Å². The van der Waals surface area contributed by atoms with Crippen molar-refractivity contribution >= 4 is 21.8 Å². The third-order valence-corrected chi connectivity index (χ3v) is 11.2. The normalized spacial score (nSPS) is 13.3. The molecule has 11 rings (SSSR count). The zero-order valence-corrected chi connectivity index (χ0v) is 28.8. The van der Waals surface area contributed by atoms with E-state index in [2.05, 4.69) is 126 Å². The molecule has 0 saturated heterocycles. The molecule has 9 aromatic rings. The first kappa shape index (κ1) is 29.1.